The van der Waals surface area contributed by atoms with Gasteiger partial charge in [-0.1, -0.05) is 0 Å². The smallest absolute Gasteiger partial charge is 0.335 e. The van der Waals surface area contributed by atoms with E-state index in [2.05, 4.69) is 0 Å². The number of hydroxylamine groups is 4. The van der Waals surface area contributed by atoms with Gasteiger partial charge in [-0.3, -0.25) is 19.2 Å². The number of amides is 4. The Bertz CT molecular complexity index is 1610. The zero-order valence-corrected chi connectivity index (χ0v) is 55.1. The molecule has 0 aromatic heterocycles. The summed E-state index contributed by atoms with van der Waals surface area (Å²) in [6.45, 7) is 20.3. The van der Waals surface area contributed by atoms with Crippen molar-refractivity contribution in [2.24, 2.45) is 0 Å². The average Bonchev–Trinajstić information content (AvgIpc) is 1.92. The van der Waals surface area contributed by atoms with Crippen molar-refractivity contribution in [1.82, 2.24) is 10.1 Å². The predicted octanol–water partition coefficient (Wildman–Crippen LogP) is -0.621. The van der Waals surface area contributed by atoms with E-state index in [9.17, 15) is 28.8 Å². The standard InChI is InChI=1S/C60H108N2O32/c63-55-1-2-56(64)61(55)93-59(67)5-7-69-9-11-71-13-15-73-17-19-75-21-23-77-25-27-79-29-31-81-33-35-83-37-39-85-41-43-87-45-47-89-49-51-91-53-54-92-52-50-90-48-46-88-44-42-86-40-38-84-36-34-82-32-30-80-28-26-78-24-22-76-20-18-74-16-14-72-12-10-70-8-6-60(68)94-62-57(65)3-4-58(62)66/h1-54H2. The molecule has 94 heavy (non-hydrogen) atoms. The van der Waals surface area contributed by atoms with Crippen LogP contribution in [0.4, 0.5) is 0 Å². The number of hydrogen-bond donors (Lipinski definition) is 0. The molecule has 34 nitrogen and oxygen atoms in total. The van der Waals surface area contributed by atoms with E-state index in [4.69, 9.17) is 123 Å². The lowest BCUT2D eigenvalue weighted by molar-refractivity contribution is -0.198. The van der Waals surface area contributed by atoms with Crippen molar-refractivity contribution in [3.8, 4) is 0 Å². The van der Waals surface area contributed by atoms with E-state index in [-0.39, 0.29) is 65.0 Å². The van der Waals surface area contributed by atoms with E-state index < -0.39 is 35.6 Å². The van der Waals surface area contributed by atoms with Gasteiger partial charge in [0.2, 0.25) is 0 Å². The van der Waals surface area contributed by atoms with Gasteiger partial charge in [-0.25, -0.2) is 9.59 Å². The number of nitrogens with zero attached hydrogens (tertiary/aromatic N) is 2. The maximum Gasteiger partial charge on any atom is 0.335 e. The van der Waals surface area contributed by atoms with Crippen molar-refractivity contribution in [3.63, 3.8) is 0 Å². The Morgan fingerprint density at radius 3 is 0.383 bits per heavy atom. The molecule has 4 amide bonds. The van der Waals surface area contributed by atoms with Crippen molar-refractivity contribution in [3.05, 3.63) is 0 Å². The zero-order chi connectivity index (χ0) is 67.2. The van der Waals surface area contributed by atoms with Crippen LogP contribution in [-0.2, 0) is 152 Å². The lowest BCUT2D eigenvalue weighted by Crippen LogP contribution is -2.32. The second-order valence-corrected chi connectivity index (χ2v) is 19.3. The van der Waals surface area contributed by atoms with Crippen molar-refractivity contribution in [2.45, 2.75) is 38.5 Å². The number of ether oxygens (including phenoxy) is 24. The molecule has 2 heterocycles. The maximum absolute atomic E-state index is 11.7. The van der Waals surface area contributed by atoms with Crippen molar-refractivity contribution in [1.29, 1.82) is 0 Å². The van der Waals surface area contributed by atoms with Crippen molar-refractivity contribution >= 4 is 35.6 Å². The molecule has 0 atom stereocenters. The molecule has 0 saturated carbocycles. The minimum Gasteiger partial charge on any atom is -0.378 e. The van der Waals surface area contributed by atoms with Crippen LogP contribution in [0.15, 0.2) is 0 Å². The highest BCUT2D eigenvalue weighted by Gasteiger charge is 2.33. The van der Waals surface area contributed by atoms with E-state index in [0.29, 0.717) is 301 Å². The lowest BCUT2D eigenvalue weighted by atomic mass is 10.4. The van der Waals surface area contributed by atoms with E-state index >= 15 is 0 Å². The molecule has 0 unspecified atom stereocenters. The predicted molar refractivity (Wildman–Crippen MR) is 323 cm³/mol. The molecule has 0 bridgehead atoms. The maximum atomic E-state index is 11.7. The van der Waals surface area contributed by atoms with Crippen molar-refractivity contribution < 1.29 is 152 Å². The normalized spacial score (nSPS) is 13.4. The third-order valence-corrected chi connectivity index (χ3v) is 11.9. The third kappa shape index (κ3) is 58.4. The van der Waals surface area contributed by atoms with Gasteiger partial charge in [-0.2, -0.15) is 0 Å². The molecule has 2 fully saturated rings. The van der Waals surface area contributed by atoms with Gasteiger partial charge < -0.3 is 123 Å². The highest BCUT2D eigenvalue weighted by molar-refractivity contribution is 6.02. The topological polar surface area (TPSA) is 349 Å². The number of hydrogen-bond acceptors (Lipinski definition) is 32. The minimum absolute atomic E-state index is 0.0497. The second kappa shape index (κ2) is 69.2. The van der Waals surface area contributed by atoms with Crippen LogP contribution in [0.2, 0.25) is 0 Å². The van der Waals surface area contributed by atoms with Gasteiger partial charge in [0.25, 0.3) is 23.6 Å². The van der Waals surface area contributed by atoms with Gasteiger partial charge in [-0.15, -0.1) is 10.1 Å². The minimum atomic E-state index is -0.707. The summed E-state index contributed by atoms with van der Waals surface area (Å²) in [7, 11) is 0. The Balaban J connectivity index is 1.09. The molecule has 0 spiro atoms. The number of carbonyl (C=O) groups excluding carboxylic acids is 6. The molecule has 34 heteroatoms. The van der Waals surface area contributed by atoms with E-state index in [1.54, 1.807) is 0 Å². The molecule has 550 valence electrons. The first kappa shape index (κ1) is 86.3. The van der Waals surface area contributed by atoms with Gasteiger partial charge in [0, 0.05) is 25.7 Å². The molecule has 2 aliphatic heterocycles. The third-order valence-electron chi connectivity index (χ3n) is 11.9. The number of carbonyl (C=O) groups is 6. The van der Waals surface area contributed by atoms with Gasteiger partial charge >= 0.3 is 11.9 Å². The molecule has 0 radical (unpaired) electrons. The van der Waals surface area contributed by atoms with E-state index in [0.717, 1.165) is 0 Å². The summed E-state index contributed by atoms with van der Waals surface area (Å²) < 4.78 is 131. The second-order valence-electron chi connectivity index (χ2n) is 19.3. The van der Waals surface area contributed by atoms with Crippen LogP contribution in [0.3, 0.4) is 0 Å². The highest BCUT2D eigenvalue weighted by atomic mass is 16.7. The lowest BCUT2D eigenvalue weighted by Gasteiger charge is -2.12. The molecule has 0 aromatic carbocycles. The summed E-state index contributed by atoms with van der Waals surface area (Å²) in [5, 5.41) is 1.03. The van der Waals surface area contributed by atoms with Crippen LogP contribution in [0, 0.1) is 0 Å². The van der Waals surface area contributed by atoms with Crippen LogP contribution < -0.4 is 0 Å². The zero-order valence-electron chi connectivity index (χ0n) is 55.1. The van der Waals surface area contributed by atoms with Gasteiger partial charge in [0.05, 0.1) is 330 Å². The molecular formula is C60H108N2O32. The molecular weight excluding hydrogens is 1260 g/mol. The van der Waals surface area contributed by atoms with Crippen LogP contribution in [-0.4, -0.2) is 363 Å². The van der Waals surface area contributed by atoms with Gasteiger partial charge in [0.1, 0.15) is 0 Å². The van der Waals surface area contributed by atoms with E-state index in [1.165, 1.54) is 0 Å². The molecule has 2 rings (SSSR count). The Morgan fingerprint density at radius 2 is 0.277 bits per heavy atom. The molecule has 0 aromatic rings. The van der Waals surface area contributed by atoms with Gasteiger partial charge in [-0.05, 0) is 0 Å². The number of imide groups is 2. The average molecular weight is 1370 g/mol. The van der Waals surface area contributed by atoms with Gasteiger partial charge in [0.15, 0.2) is 0 Å². The van der Waals surface area contributed by atoms with Crippen LogP contribution in [0.5, 0.6) is 0 Å². The summed E-state index contributed by atoms with van der Waals surface area (Å²) in [5.74, 6) is -3.49. The first-order valence-electron chi connectivity index (χ1n) is 32.4. The Labute approximate surface area is 552 Å². The Morgan fingerprint density at radius 1 is 0.181 bits per heavy atom. The SMILES string of the molecule is O=C(CCOCCOCCOCCOCCOCCOCCOCCOCCOCCOCCOCCOCCOCCOCCOCCOCCOCCOCCOCCOCCOCCOCCOCCOCCC(=O)ON1C(=O)CCC1=O)ON1C(=O)CCC1=O. The summed E-state index contributed by atoms with van der Waals surface area (Å²) in [4.78, 5) is 78.7. The summed E-state index contributed by atoms with van der Waals surface area (Å²) in [6, 6.07) is 0. The van der Waals surface area contributed by atoms with Crippen LogP contribution in [0.25, 0.3) is 0 Å². The fourth-order valence-corrected chi connectivity index (χ4v) is 7.08. The Hall–Kier alpha value is -3.74. The van der Waals surface area contributed by atoms with Crippen LogP contribution in [0.1, 0.15) is 38.5 Å². The first-order valence-corrected chi connectivity index (χ1v) is 32.4. The largest absolute Gasteiger partial charge is 0.378 e. The quantitative estimate of drug-likeness (QED) is 0.0541. The fourth-order valence-electron chi connectivity index (χ4n) is 7.08. The van der Waals surface area contributed by atoms with E-state index in [1.807, 2.05) is 0 Å². The summed E-state index contributed by atoms with van der Waals surface area (Å²) >= 11 is 0. The summed E-state index contributed by atoms with van der Waals surface area (Å²) in [5.41, 5.74) is 0. The van der Waals surface area contributed by atoms with Crippen LogP contribution >= 0.6 is 0 Å². The summed E-state index contributed by atoms with van der Waals surface area (Å²) in [6.07, 6.45) is 0.0293. The first-order chi connectivity index (χ1) is 46.4. The molecule has 0 aliphatic carbocycles. The molecule has 2 aliphatic rings. The highest BCUT2D eigenvalue weighted by Crippen LogP contribution is 2.14. The molecule has 2 saturated heterocycles. The van der Waals surface area contributed by atoms with Crippen molar-refractivity contribution in [2.75, 3.05) is 317 Å². The monoisotopic (exact) mass is 1370 g/mol. The Kier molecular flexibility index (Phi) is 63.5. The number of rotatable bonds is 77. The fraction of sp³-hybridized carbons (Fsp3) is 0.900. The molecule has 0 N–H and O–H groups in total.